The zero-order chi connectivity index (χ0) is 13.8. The lowest BCUT2D eigenvalue weighted by atomic mass is 10.0. The fourth-order valence-electron chi connectivity index (χ4n) is 2.42. The molecule has 1 N–H and O–H groups in total. The van der Waals surface area contributed by atoms with Crippen LogP contribution in [-0.4, -0.2) is 16.2 Å². The molecule has 0 saturated heterocycles. The van der Waals surface area contributed by atoms with E-state index in [-0.39, 0.29) is 0 Å². The van der Waals surface area contributed by atoms with E-state index in [0.717, 1.165) is 22.2 Å². The van der Waals surface area contributed by atoms with Crippen LogP contribution in [0.15, 0.2) is 66.7 Å². The number of aromatic nitrogens is 1. The fourth-order valence-corrected chi connectivity index (χ4v) is 2.42. The Labute approximate surface area is 118 Å². The summed E-state index contributed by atoms with van der Waals surface area (Å²) >= 11 is 0. The molecule has 0 aliphatic carbocycles. The van der Waals surface area contributed by atoms with Crippen molar-refractivity contribution in [2.24, 2.45) is 0 Å². The van der Waals surface area contributed by atoms with Crippen LogP contribution in [0.1, 0.15) is 11.3 Å². The first kappa shape index (κ1) is 12.8. The van der Waals surface area contributed by atoms with Gasteiger partial charge in [-0.05, 0) is 24.1 Å². The predicted octanol–water partition coefficient (Wildman–Crippen LogP) is 3.38. The number of hydrogen-bond donors (Lipinski definition) is 1. The molecule has 0 amide bonds. The quantitative estimate of drug-likeness (QED) is 0.782. The molecule has 20 heavy (non-hydrogen) atoms. The minimum absolute atomic E-state index is 0.397. The molecule has 1 atom stereocenters. The number of hydrogen-bond acceptors (Lipinski definition) is 2. The van der Waals surface area contributed by atoms with Crippen LogP contribution in [0.25, 0.3) is 10.9 Å². The molecular formula is C18H17NO. The van der Waals surface area contributed by atoms with Crippen molar-refractivity contribution in [3.05, 3.63) is 78.0 Å². The average Bonchev–Trinajstić information content (AvgIpc) is 2.48. The van der Waals surface area contributed by atoms with Gasteiger partial charge in [0.1, 0.15) is 0 Å². The standard InChI is InChI=1S/C18H17NO/c20-17(12-14-6-2-1-3-7-14)13-16-11-10-15-8-4-5-9-18(15)19-16/h1-11,17,20H,12-13H2. The Balaban J connectivity index is 1.72. The average molecular weight is 263 g/mol. The van der Waals surface area contributed by atoms with E-state index in [1.165, 1.54) is 0 Å². The number of aliphatic hydroxyl groups excluding tert-OH is 1. The molecule has 0 saturated carbocycles. The number of pyridine rings is 1. The smallest absolute Gasteiger partial charge is 0.0705 e. The van der Waals surface area contributed by atoms with Gasteiger partial charge < -0.3 is 5.11 Å². The van der Waals surface area contributed by atoms with E-state index >= 15 is 0 Å². The summed E-state index contributed by atoms with van der Waals surface area (Å²) in [6.07, 6.45) is 0.848. The first-order chi connectivity index (χ1) is 9.81. The number of aliphatic hydroxyl groups is 1. The van der Waals surface area contributed by atoms with Crippen LogP contribution >= 0.6 is 0 Å². The van der Waals surface area contributed by atoms with Gasteiger partial charge in [-0.25, -0.2) is 0 Å². The van der Waals surface area contributed by atoms with Gasteiger partial charge in [0.2, 0.25) is 0 Å². The molecule has 2 heteroatoms. The first-order valence-electron chi connectivity index (χ1n) is 6.88. The van der Waals surface area contributed by atoms with E-state index in [4.69, 9.17) is 0 Å². The highest BCUT2D eigenvalue weighted by Crippen LogP contribution is 2.14. The normalized spacial score (nSPS) is 12.4. The van der Waals surface area contributed by atoms with E-state index in [9.17, 15) is 5.11 Å². The maximum Gasteiger partial charge on any atom is 0.0705 e. The van der Waals surface area contributed by atoms with Gasteiger partial charge in [0.15, 0.2) is 0 Å². The minimum atomic E-state index is -0.397. The number of rotatable bonds is 4. The Morgan fingerprint density at radius 2 is 1.55 bits per heavy atom. The molecule has 0 spiro atoms. The van der Waals surface area contributed by atoms with Crippen molar-refractivity contribution >= 4 is 10.9 Å². The first-order valence-corrected chi connectivity index (χ1v) is 6.88. The molecule has 1 heterocycles. The van der Waals surface area contributed by atoms with Crippen molar-refractivity contribution in [2.45, 2.75) is 18.9 Å². The zero-order valence-electron chi connectivity index (χ0n) is 11.2. The maximum atomic E-state index is 10.2. The van der Waals surface area contributed by atoms with Crippen molar-refractivity contribution in [2.75, 3.05) is 0 Å². The van der Waals surface area contributed by atoms with Crippen molar-refractivity contribution in [3.63, 3.8) is 0 Å². The molecule has 100 valence electrons. The SMILES string of the molecule is OC(Cc1ccccc1)Cc1ccc2ccccc2n1. The third kappa shape index (κ3) is 3.03. The lowest BCUT2D eigenvalue weighted by molar-refractivity contribution is 0.174. The largest absolute Gasteiger partial charge is 0.392 e. The highest BCUT2D eigenvalue weighted by molar-refractivity contribution is 5.78. The number of benzene rings is 2. The van der Waals surface area contributed by atoms with Gasteiger partial charge in [0, 0.05) is 17.5 Å². The molecule has 2 nitrogen and oxygen atoms in total. The Kier molecular flexibility index (Phi) is 3.75. The van der Waals surface area contributed by atoms with Crippen LogP contribution in [0.2, 0.25) is 0 Å². The van der Waals surface area contributed by atoms with E-state index < -0.39 is 6.10 Å². The third-order valence-electron chi connectivity index (χ3n) is 3.42. The van der Waals surface area contributed by atoms with Gasteiger partial charge in [-0.2, -0.15) is 0 Å². The molecule has 1 unspecified atom stereocenters. The van der Waals surface area contributed by atoms with E-state index in [1.54, 1.807) is 0 Å². The second kappa shape index (κ2) is 5.85. The third-order valence-corrected chi connectivity index (χ3v) is 3.42. The van der Waals surface area contributed by atoms with Crippen LogP contribution in [0.4, 0.5) is 0 Å². The van der Waals surface area contributed by atoms with Crippen LogP contribution < -0.4 is 0 Å². The van der Waals surface area contributed by atoms with Gasteiger partial charge in [-0.15, -0.1) is 0 Å². The van der Waals surface area contributed by atoms with Gasteiger partial charge in [0.25, 0.3) is 0 Å². The summed E-state index contributed by atoms with van der Waals surface area (Å²) in [4.78, 5) is 4.60. The molecule has 2 aromatic carbocycles. The van der Waals surface area contributed by atoms with Crippen molar-refractivity contribution in [3.8, 4) is 0 Å². The second-order valence-electron chi connectivity index (χ2n) is 5.04. The minimum Gasteiger partial charge on any atom is -0.392 e. The molecular weight excluding hydrogens is 246 g/mol. The summed E-state index contributed by atoms with van der Waals surface area (Å²) in [5.41, 5.74) is 3.07. The molecule has 3 rings (SSSR count). The lowest BCUT2D eigenvalue weighted by Crippen LogP contribution is -2.14. The molecule has 0 aliphatic heterocycles. The van der Waals surface area contributed by atoms with E-state index in [2.05, 4.69) is 11.1 Å². The predicted molar refractivity (Wildman–Crippen MR) is 81.6 cm³/mol. The van der Waals surface area contributed by atoms with Crippen molar-refractivity contribution < 1.29 is 5.11 Å². The summed E-state index contributed by atoms with van der Waals surface area (Å²) in [5.74, 6) is 0. The van der Waals surface area contributed by atoms with Crippen LogP contribution in [0.3, 0.4) is 0 Å². The molecule has 0 fully saturated rings. The summed E-state index contributed by atoms with van der Waals surface area (Å²) in [5, 5.41) is 11.3. The monoisotopic (exact) mass is 263 g/mol. The maximum absolute atomic E-state index is 10.2. The number of para-hydroxylation sites is 1. The topological polar surface area (TPSA) is 33.1 Å². The van der Waals surface area contributed by atoms with E-state index in [0.29, 0.717) is 12.8 Å². The number of fused-ring (bicyclic) bond motifs is 1. The van der Waals surface area contributed by atoms with Gasteiger partial charge in [-0.1, -0.05) is 54.6 Å². The van der Waals surface area contributed by atoms with Gasteiger partial charge >= 0.3 is 0 Å². The summed E-state index contributed by atoms with van der Waals surface area (Å²) in [6, 6.07) is 22.2. The Hall–Kier alpha value is -2.19. The lowest BCUT2D eigenvalue weighted by Gasteiger charge is -2.10. The fraction of sp³-hybridized carbons (Fsp3) is 0.167. The van der Waals surface area contributed by atoms with E-state index in [1.807, 2.05) is 60.7 Å². The second-order valence-corrected chi connectivity index (χ2v) is 5.04. The van der Waals surface area contributed by atoms with Crippen LogP contribution in [0.5, 0.6) is 0 Å². The zero-order valence-corrected chi connectivity index (χ0v) is 11.2. The molecule has 1 aromatic heterocycles. The van der Waals surface area contributed by atoms with Crippen LogP contribution in [-0.2, 0) is 12.8 Å². The summed E-state index contributed by atoms with van der Waals surface area (Å²) in [7, 11) is 0. The summed E-state index contributed by atoms with van der Waals surface area (Å²) in [6.45, 7) is 0. The Morgan fingerprint density at radius 3 is 2.40 bits per heavy atom. The van der Waals surface area contributed by atoms with Gasteiger partial charge in [0.05, 0.1) is 11.6 Å². The molecule has 0 radical (unpaired) electrons. The van der Waals surface area contributed by atoms with Crippen molar-refractivity contribution in [1.82, 2.24) is 4.98 Å². The Morgan fingerprint density at radius 1 is 0.800 bits per heavy atom. The highest BCUT2D eigenvalue weighted by Gasteiger charge is 2.08. The number of nitrogens with zero attached hydrogens (tertiary/aromatic N) is 1. The molecule has 3 aromatic rings. The highest BCUT2D eigenvalue weighted by atomic mass is 16.3. The van der Waals surface area contributed by atoms with Crippen LogP contribution in [0, 0.1) is 0 Å². The van der Waals surface area contributed by atoms with Gasteiger partial charge in [-0.3, -0.25) is 4.98 Å². The summed E-state index contributed by atoms with van der Waals surface area (Å²) < 4.78 is 0. The van der Waals surface area contributed by atoms with Crippen molar-refractivity contribution in [1.29, 1.82) is 0 Å². The molecule has 0 aliphatic rings. The molecule has 0 bridgehead atoms. The Bertz CT molecular complexity index is 694.